The van der Waals surface area contributed by atoms with Crippen LogP contribution in [0.15, 0.2) is 65.6 Å². The maximum absolute atomic E-state index is 13.7. The molecule has 0 aliphatic carbocycles. The molecule has 0 saturated carbocycles. The SMILES string of the molecule is COc1ccc(S(=O)(=O)Nc2ccc(C(=O)N(CC3CCCO3)c3nc4c(C)cc(C)cc4s3)cc2)cc1. The summed E-state index contributed by atoms with van der Waals surface area (Å²) in [5.74, 6) is 0.358. The first-order valence-electron chi connectivity index (χ1n) is 12.3. The Morgan fingerprint density at radius 2 is 1.87 bits per heavy atom. The van der Waals surface area contributed by atoms with E-state index < -0.39 is 10.0 Å². The van der Waals surface area contributed by atoms with Crippen LogP contribution < -0.4 is 14.4 Å². The van der Waals surface area contributed by atoms with Gasteiger partial charge in [0, 0.05) is 17.9 Å². The number of nitrogens with zero attached hydrogens (tertiary/aromatic N) is 2. The summed E-state index contributed by atoms with van der Waals surface area (Å²) in [7, 11) is -2.28. The average Bonchev–Trinajstić information content (AvgIpc) is 3.57. The van der Waals surface area contributed by atoms with Gasteiger partial charge in [-0.2, -0.15) is 0 Å². The van der Waals surface area contributed by atoms with Gasteiger partial charge in [-0.1, -0.05) is 17.4 Å². The van der Waals surface area contributed by atoms with Crippen molar-refractivity contribution >= 4 is 48.3 Å². The van der Waals surface area contributed by atoms with Gasteiger partial charge in [0.2, 0.25) is 0 Å². The zero-order valence-corrected chi connectivity index (χ0v) is 23.1. The summed E-state index contributed by atoms with van der Waals surface area (Å²) < 4.78 is 40.1. The lowest BCUT2D eigenvalue weighted by atomic mass is 10.1. The van der Waals surface area contributed by atoms with Gasteiger partial charge in [-0.05, 0) is 92.4 Å². The monoisotopic (exact) mass is 551 g/mol. The van der Waals surface area contributed by atoms with Gasteiger partial charge in [0.05, 0.1) is 34.9 Å². The minimum atomic E-state index is -3.79. The van der Waals surface area contributed by atoms with E-state index in [1.165, 1.54) is 30.6 Å². The molecule has 4 aromatic rings. The molecule has 198 valence electrons. The third kappa shape index (κ3) is 5.52. The van der Waals surface area contributed by atoms with Crippen molar-refractivity contribution in [1.29, 1.82) is 0 Å². The molecule has 3 aromatic carbocycles. The molecule has 1 amide bonds. The molecule has 1 unspecified atom stereocenters. The van der Waals surface area contributed by atoms with Crippen LogP contribution in [0.5, 0.6) is 5.75 Å². The second-order valence-electron chi connectivity index (χ2n) is 9.33. The second-order valence-corrected chi connectivity index (χ2v) is 12.0. The molecule has 1 atom stereocenters. The van der Waals surface area contributed by atoms with E-state index in [2.05, 4.69) is 16.9 Å². The van der Waals surface area contributed by atoms with Crippen molar-refractivity contribution < 1.29 is 22.7 Å². The van der Waals surface area contributed by atoms with Crippen LogP contribution in [0.3, 0.4) is 0 Å². The zero-order valence-electron chi connectivity index (χ0n) is 21.4. The summed E-state index contributed by atoms with van der Waals surface area (Å²) in [6.07, 6.45) is 1.80. The number of fused-ring (bicyclic) bond motifs is 1. The Balaban J connectivity index is 1.40. The number of aryl methyl sites for hydroxylation is 2. The van der Waals surface area contributed by atoms with Crippen LogP contribution >= 0.6 is 11.3 Å². The molecule has 5 rings (SSSR count). The van der Waals surface area contributed by atoms with Gasteiger partial charge in [0.1, 0.15) is 5.75 Å². The number of aromatic nitrogens is 1. The number of rotatable bonds is 8. The molecule has 1 fully saturated rings. The van der Waals surface area contributed by atoms with Crippen molar-refractivity contribution in [3.05, 3.63) is 77.4 Å². The smallest absolute Gasteiger partial charge is 0.261 e. The molecular weight excluding hydrogens is 522 g/mol. The Morgan fingerprint density at radius 3 is 2.53 bits per heavy atom. The number of hydrogen-bond donors (Lipinski definition) is 1. The lowest BCUT2D eigenvalue weighted by Gasteiger charge is -2.23. The minimum Gasteiger partial charge on any atom is -0.497 e. The van der Waals surface area contributed by atoms with Crippen LogP contribution in [0.2, 0.25) is 0 Å². The lowest BCUT2D eigenvalue weighted by molar-refractivity contribution is 0.0917. The highest BCUT2D eigenvalue weighted by Gasteiger charge is 2.27. The molecule has 2 heterocycles. The Hall–Kier alpha value is -3.47. The van der Waals surface area contributed by atoms with E-state index in [-0.39, 0.29) is 16.9 Å². The number of amides is 1. The van der Waals surface area contributed by atoms with Crippen LogP contribution in [0.4, 0.5) is 10.8 Å². The molecule has 1 saturated heterocycles. The Bertz CT molecular complexity index is 1560. The van der Waals surface area contributed by atoms with Crippen molar-refractivity contribution in [3.8, 4) is 5.75 Å². The van der Waals surface area contributed by atoms with E-state index in [1.807, 2.05) is 13.8 Å². The molecule has 1 aliphatic rings. The number of methoxy groups -OCH3 is 1. The number of ether oxygens (including phenoxy) is 2. The van der Waals surface area contributed by atoms with Crippen molar-refractivity contribution in [2.75, 3.05) is 29.9 Å². The van der Waals surface area contributed by atoms with Gasteiger partial charge in [-0.3, -0.25) is 14.4 Å². The van der Waals surface area contributed by atoms with Gasteiger partial charge >= 0.3 is 0 Å². The minimum absolute atomic E-state index is 0.0515. The van der Waals surface area contributed by atoms with E-state index in [9.17, 15) is 13.2 Å². The molecule has 0 spiro atoms. The quantitative estimate of drug-likeness (QED) is 0.308. The average molecular weight is 552 g/mol. The van der Waals surface area contributed by atoms with Crippen molar-refractivity contribution in [2.24, 2.45) is 0 Å². The third-order valence-electron chi connectivity index (χ3n) is 6.46. The number of carbonyl (C=O) groups excluding carboxylic acids is 1. The van der Waals surface area contributed by atoms with Crippen LogP contribution in [0.25, 0.3) is 10.2 Å². The fraction of sp³-hybridized carbons (Fsp3) is 0.286. The fourth-order valence-corrected chi connectivity index (χ4v) is 6.73. The molecule has 0 radical (unpaired) electrons. The third-order valence-corrected chi connectivity index (χ3v) is 8.88. The van der Waals surface area contributed by atoms with Crippen molar-refractivity contribution in [3.63, 3.8) is 0 Å². The Kier molecular flexibility index (Phi) is 7.38. The van der Waals surface area contributed by atoms with Gasteiger partial charge in [-0.15, -0.1) is 0 Å². The predicted octanol–water partition coefficient (Wildman–Crippen LogP) is 5.55. The van der Waals surface area contributed by atoms with Gasteiger partial charge < -0.3 is 9.47 Å². The summed E-state index contributed by atoms with van der Waals surface area (Å²) in [5.41, 5.74) is 3.90. The largest absolute Gasteiger partial charge is 0.497 e. The van der Waals surface area contributed by atoms with Crippen LogP contribution in [-0.2, 0) is 14.8 Å². The van der Waals surface area contributed by atoms with Crippen LogP contribution in [0.1, 0.15) is 34.3 Å². The Labute approximate surface area is 226 Å². The number of benzene rings is 3. The number of anilines is 2. The van der Waals surface area contributed by atoms with Crippen LogP contribution in [0, 0.1) is 13.8 Å². The van der Waals surface area contributed by atoms with Crippen LogP contribution in [-0.4, -0.2) is 45.7 Å². The zero-order chi connectivity index (χ0) is 26.9. The molecule has 1 N–H and O–H groups in total. The van der Waals surface area contributed by atoms with E-state index in [0.717, 1.165) is 34.2 Å². The summed E-state index contributed by atoms with van der Waals surface area (Å²) >= 11 is 1.49. The molecular formula is C28H29N3O5S2. The highest BCUT2D eigenvalue weighted by atomic mass is 32.2. The van der Waals surface area contributed by atoms with Crippen molar-refractivity contribution in [1.82, 2.24) is 4.98 Å². The standard InChI is InChI=1S/C28H29N3O5S2/c1-18-15-19(2)26-25(16-18)37-28(29-26)31(17-23-5-4-14-36-23)27(32)20-6-8-21(9-7-20)30-38(33,34)24-12-10-22(35-3)11-13-24/h6-13,15-16,23,30H,4-5,14,17H2,1-3H3. The number of thiazole rings is 1. The molecule has 1 aromatic heterocycles. The Morgan fingerprint density at radius 1 is 1.13 bits per heavy atom. The fourth-order valence-electron chi connectivity index (χ4n) is 4.52. The van der Waals surface area contributed by atoms with Gasteiger partial charge in [-0.25, -0.2) is 13.4 Å². The second kappa shape index (κ2) is 10.7. The molecule has 10 heteroatoms. The first kappa shape index (κ1) is 26.1. The van der Waals surface area contributed by atoms with Gasteiger partial charge in [0.15, 0.2) is 5.13 Å². The predicted molar refractivity (Wildman–Crippen MR) is 150 cm³/mol. The first-order valence-corrected chi connectivity index (χ1v) is 14.6. The molecule has 8 nitrogen and oxygen atoms in total. The highest BCUT2D eigenvalue weighted by Crippen LogP contribution is 2.33. The molecule has 0 bridgehead atoms. The van der Waals surface area contributed by atoms with Crippen molar-refractivity contribution in [2.45, 2.75) is 37.7 Å². The highest BCUT2D eigenvalue weighted by molar-refractivity contribution is 7.92. The van der Waals surface area contributed by atoms with E-state index in [1.54, 1.807) is 41.3 Å². The topological polar surface area (TPSA) is 97.8 Å². The summed E-state index contributed by atoms with van der Waals surface area (Å²) in [6.45, 7) is 5.17. The number of hydrogen-bond acceptors (Lipinski definition) is 7. The van der Waals surface area contributed by atoms with E-state index in [4.69, 9.17) is 14.5 Å². The van der Waals surface area contributed by atoms with E-state index in [0.29, 0.717) is 35.3 Å². The summed E-state index contributed by atoms with van der Waals surface area (Å²) in [6, 6.07) is 16.7. The maximum Gasteiger partial charge on any atom is 0.261 e. The van der Waals surface area contributed by atoms with Gasteiger partial charge in [0.25, 0.3) is 15.9 Å². The molecule has 1 aliphatic heterocycles. The lowest BCUT2D eigenvalue weighted by Crippen LogP contribution is -2.37. The first-order chi connectivity index (χ1) is 18.2. The summed E-state index contributed by atoms with van der Waals surface area (Å²) in [5, 5.41) is 0.624. The number of sulfonamides is 1. The van der Waals surface area contributed by atoms with E-state index >= 15 is 0 Å². The summed E-state index contributed by atoms with van der Waals surface area (Å²) in [4.78, 5) is 20.3. The number of nitrogens with one attached hydrogen (secondary N) is 1. The maximum atomic E-state index is 13.7. The number of carbonyl (C=O) groups is 1. The normalized spacial score (nSPS) is 15.5. The molecule has 38 heavy (non-hydrogen) atoms.